The molecule has 1 aliphatic heterocycles. The number of alkyl halides is 3. The van der Waals surface area contributed by atoms with Gasteiger partial charge in [-0.05, 0) is 48.7 Å². The van der Waals surface area contributed by atoms with Crippen molar-refractivity contribution in [1.82, 2.24) is 14.8 Å². The third-order valence-corrected chi connectivity index (χ3v) is 7.18. The number of hydrogen-bond donors (Lipinski definition) is 0. The molecule has 1 aromatic carbocycles. The van der Waals surface area contributed by atoms with Gasteiger partial charge in [0.1, 0.15) is 16.3 Å². The molecule has 0 N–H and O–H groups in total. The summed E-state index contributed by atoms with van der Waals surface area (Å²) in [6.45, 7) is 3.32. The van der Waals surface area contributed by atoms with Crippen LogP contribution in [0, 0.1) is 6.92 Å². The van der Waals surface area contributed by atoms with E-state index in [2.05, 4.69) is 4.98 Å². The highest BCUT2D eigenvalue weighted by atomic mass is 32.1. The van der Waals surface area contributed by atoms with E-state index in [1.165, 1.54) is 6.07 Å². The van der Waals surface area contributed by atoms with E-state index in [1.54, 1.807) is 23.8 Å². The number of thiophene rings is 1. The molecular formula is C24H24F3N3O3S. The Balaban J connectivity index is 1.36. The van der Waals surface area contributed by atoms with E-state index in [9.17, 15) is 22.8 Å². The van der Waals surface area contributed by atoms with E-state index in [-0.39, 0.29) is 16.6 Å². The predicted octanol–water partition coefficient (Wildman–Crippen LogP) is 4.55. The summed E-state index contributed by atoms with van der Waals surface area (Å²) in [4.78, 5) is 33.4. The molecule has 0 radical (unpaired) electrons. The van der Waals surface area contributed by atoms with Gasteiger partial charge in [-0.3, -0.25) is 9.59 Å². The second kappa shape index (κ2) is 9.61. The lowest BCUT2D eigenvalue weighted by atomic mass is 10.1. The number of pyridine rings is 1. The quantitative estimate of drug-likeness (QED) is 0.526. The number of piperazine rings is 1. The third kappa shape index (κ3) is 5.01. The van der Waals surface area contributed by atoms with Crippen LogP contribution in [-0.4, -0.2) is 59.9 Å². The van der Waals surface area contributed by atoms with Gasteiger partial charge in [-0.2, -0.15) is 13.2 Å². The number of aryl methyl sites for hydroxylation is 2. The third-order valence-electron chi connectivity index (χ3n) is 5.99. The normalized spacial score (nSPS) is 14.5. The molecule has 180 valence electrons. The van der Waals surface area contributed by atoms with Crippen LogP contribution in [0.5, 0.6) is 5.75 Å². The zero-order valence-corrected chi connectivity index (χ0v) is 19.6. The fourth-order valence-electron chi connectivity index (χ4n) is 3.97. The smallest absolute Gasteiger partial charge is 0.433 e. The van der Waals surface area contributed by atoms with Gasteiger partial charge in [-0.25, -0.2) is 4.98 Å². The Kier molecular flexibility index (Phi) is 6.79. The van der Waals surface area contributed by atoms with E-state index in [4.69, 9.17) is 4.74 Å². The summed E-state index contributed by atoms with van der Waals surface area (Å²) >= 11 is 0.980. The van der Waals surface area contributed by atoms with Crippen molar-refractivity contribution < 1.29 is 27.5 Å². The van der Waals surface area contributed by atoms with Crippen molar-refractivity contribution in [1.29, 1.82) is 0 Å². The zero-order chi connectivity index (χ0) is 24.5. The second-order valence-corrected chi connectivity index (χ2v) is 9.12. The molecule has 1 fully saturated rings. The summed E-state index contributed by atoms with van der Waals surface area (Å²) in [6.07, 6.45) is -3.54. The number of hydrogen-bond acceptors (Lipinski definition) is 5. The first-order valence-corrected chi connectivity index (χ1v) is 11.7. The number of carbonyl (C=O) groups is 2. The Morgan fingerprint density at radius 2 is 1.68 bits per heavy atom. The number of benzene rings is 1. The van der Waals surface area contributed by atoms with Crippen molar-refractivity contribution >= 4 is 33.4 Å². The van der Waals surface area contributed by atoms with Crippen LogP contribution in [0.2, 0.25) is 0 Å². The Labute approximate surface area is 198 Å². The largest absolute Gasteiger partial charge is 0.497 e. The van der Waals surface area contributed by atoms with Crippen LogP contribution in [-0.2, 0) is 17.4 Å². The van der Waals surface area contributed by atoms with Crippen molar-refractivity contribution in [2.24, 2.45) is 0 Å². The lowest BCUT2D eigenvalue weighted by molar-refractivity contribution is -0.141. The first kappa shape index (κ1) is 24.0. The SMILES string of the molecule is COc1ccc(CCC(=O)N2CCN(C(=O)c3sc4nc(C(F)(F)F)ccc4c3C)CC2)cc1. The van der Waals surface area contributed by atoms with Gasteiger partial charge >= 0.3 is 6.18 Å². The topological polar surface area (TPSA) is 62.7 Å². The highest BCUT2D eigenvalue weighted by Gasteiger charge is 2.33. The number of ether oxygens (including phenoxy) is 1. The number of aromatic nitrogens is 1. The van der Waals surface area contributed by atoms with Crippen molar-refractivity contribution in [3.8, 4) is 5.75 Å². The van der Waals surface area contributed by atoms with Crippen LogP contribution < -0.4 is 4.74 Å². The molecular weight excluding hydrogens is 467 g/mol. The molecule has 0 atom stereocenters. The Morgan fingerprint density at radius 1 is 1.03 bits per heavy atom. The highest BCUT2D eigenvalue weighted by molar-refractivity contribution is 7.20. The maximum absolute atomic E-state index is 13.1. The molecule has 6 nitrogen and oxygen atoms in total. The summed E-state index contributed by atoms with van der Waals surface area (Å²) in [5.74, 6) is 0.561. The number of methoxy groups -OCH3 is 1. The van der Waals surface area contributed by atoms with Crippen LogP contribution >= 0.6 is 11.3 Å². The fraction of sp³-hybridized carbons (Fsp3) is 0.375. The standard InChI is InChI=1S/C24H24F3N3O3S/c1-15-18-8-9-19(24(25,26)27)28-22(18)34-21(15)23(32)30-13-11-29(12-14-30)20(31)10-5-16-3-6-17(33-2)7-4-16/h3-4,6-9H,5,10-14H2,1-2H3. The zero-order valence-electron chi connectivity index (χ0n) is 18.8. The fourth-order valence-corrected chi connectivity index (χ4v) is 5.11. The molecule has 0 spiro atoms. The molecule has 3 heterocycles. The van der Waals surface area contributed by atoms with E-state index in [0.717, 1.165) is 28.7 Å². The van der Waals surface area contributed by atoms with Crippen LogP contribution in [0.4, 0.5) is 13.2 Å². The van der Waals surface area contributed by atoms with Crippen LogP contribution in [0.3, 0.4) is 0 Å². The highest BCUT2D eigenvalue weighted by Crippen LogP contribution is 2.34. The van der Waals surface area contributed by atoms with Gasteiger partial charge in [0.15, 0.2) is 0 Å². The first-order valence-electron chi connectivity index (χ1n) is 10.8. The summed E-state index contributed by atoms with van der Waals surface area (Å²) in [6, 6.07) is 9.89. The van der Waals surface area contributed by atoms with Crippen LogP contribution in [0.25, 0.3) is 10.2 Å². The van der Waals surface area contributed by atoms with E-state index < -0.39 is 11.9 Å². The van der Waals surface area contributed by atoms with Crippen LogP contribution in [0.15, 0.2) is 36.4 Å². The summed E-state index contributed by atoms with van der Waals surface area (Å²) in [7, 11) is 1.60. The molecule has 3 aromatic rings. The number of carbonyl (C=O) groups excluding carboxylic acids is 2. The van der Waals surface area contributed by atoms with Gasteiger partial charge < -0.3 is 14.5 Å². The van der Waals surface area contributed by atoms with Gasteiger partial charge in [0.05, 0.1) is 12.0 Å². The van der Waals surface area contributed by atoms with Gasteiger partial charge in [0.2, 0.25) is 5.91 Å². The molecule has 4 rings (SSSR count). The van der Waals surface area contributed by atoms with Gasteiger partial charge in [0.25, 0.3) is 5.91 Å². The Morgan fingerprint density at radius 3 is 2.29 bits per heavy atom. The number of rotatable bonds is 5. The average Bonchev–Trinajstić information content (AvgIpc) is 3.17. The summed E-state index contributed by atoms with van der Waals surface area (Å²) in [5, 5.41) is 0.550. The molecule has 0 aliphatic carbocycles. The van der Waals surface area contributed by atoms with E-state index in [1.807, 2.05) is 24.3 Å². The summed E-state index contributed by atoms with van der Waals surface area (Å²) < 4.78 is 44.1. The number of halogens is 3. The van der Waals surface area contributed by atoms with Gasteiger partial charge in [-0.15, -0.1) is 11.3 Å². The van der Waals surface area contributed by atoms with Crippen LogP contribution in [0.1, 0.15) is 32.9 Å². The molecule has 0 saturated carbocycles. The predicted molar refractivity (Wildman–Crippen MR) is 123 cm³/mol. The van der Waals surface area contributed by atoms with Crippen molar-refractivity contribution in [2.75, 3.05) is 33.3 Å². The average molecular weight is 492 g/mol. The molecule has 2 amide bonds. The first-order chi connectivity index (χ1) is 16.2. The van der Waals surface area contributed by atoms with Crippen molar-refractivity contribution in [2.45, 2.75) is 25.9 Å². The molecule has 0 unspecified atom stereocenters. The maximum atomic E-state index is 13.1. The van der Waals surface area contributed by atoms with Gasteiger partial charge in [0, 0.05) is 38.0 Å². The number of fused-ring (bicyclic) bond motifs is 1. The molecule has 0 bridgehead atoms. The summed E-state index contributed by atoms with van der Waals surface area (Å²) in [5.41, 5.74) is 0.705. The molecule has 34 heavy (non-hydrogen) atoms. The number of nitrogens with zero attached hydrogens (tertiary/aromatic N) is 3. The number of amides is 2. The second-order valence-electron chi connectivity index (χ2n) is 8.12. The Bertz CT molecular complexity index is 1200. The molecule has 2 aromatic heterocycles. The van der Waals surface area contributed by atoms with Gasteiger partial charge in [-0.1, -0.05) is 12.1 Å². The van der Waals surface area contributed by atoms with Crippen molar-refractivity contribution in [3.63, 3.8) is 0 Å². The molecule has 1 aliphatic rings. The van der Waals surface area contributed by atoms with E-state index >= 15 is 0 Å². The lowest BCUT2D eigenvalue weighted by Crippen LogP contribution is -2.50. The molecule has 1 saturated heterocycles. The van der Waals surface area contributed by atoms with Crippen molar-refractivity contribution in [3.05, 3.63) is 58.1 Å². The minimum absolute atomic E-state index is 0.0323. The maximum Gasteiger partial charge on any atom is 0.433 e. The molecule has 10 heteroatoms. The van der Waals surface area contributed by atoms with E-state index in [0.29, 0.717) is 54.8 Å². The lowest BCUT2D eigenvalue weighted by Gasteiger charge is -2.34. The Hall–Kier alpha value is -3.14. The minimum atomic E-state index is -4.54. The monoisotopic (exact) mass is 491 g/mol. The minimum Gasteiger partial charge on any atom is -0.497 e.